The molecule has 0 spiro atoms. The zero-order valence-corrected chi connectivity index (χ0v) is 15.7. The molecule has 0 saturated carbocycles. The average molecular weight is 392 g/mol. The zero-order chi connectivity index (χ0) is 19.6. The lowest BCUT2D eigenvalue weighted by Gasteiger charge is -2.10. The van der Waals surface area contributed by atoms with Crippen molar-refractivity contribution in [3.05, 3.63) is 78.1 Å². The summed E-state index contributed by atoms with van der Waals surface area (Å²) in [5, 5.41) is 0. The zero-order valence-electron chi connectivity index (χ0n) is 14.9. The molecule has 0 aliphatic heterocycles. The Morgan fingerprint density at radius 3 is 2.41 bits per heavy atom. The van der Waals surface area contributed by atoms with E-state index in [9.17, 15) is 13.2 Å². The van der Waals surface area contributed by atoms with Gasteiger partial charge in [-0.3, -0.25) is 0 Å². The van der Waals surface area contributed by atoms with Crippen LogP contribution in [0.5, 0.6) is 5.75 Å². The van der Waals surface area contributed by atoms with Gasteiger partial charge in [-0.1, -0.05) is 36.4 Å². The Morgan fingerprint density at radius 1 is 1.07 bits per heavy atom. The number of hydrogen-bond donors (Lipinski definition) is 0. The number of alkyl halides is 2. The topological polar surface area (TPSA) is 35.0 Å². The van der Waals surface area contributed by atoms with Gasteiger partial charge in [-0.15, -0.1) is 0 Å². The summed E-state index contributed by atoms with van der Waals surface area (Å²) in [6.07, 6.45) is 3.60. The summed E-state index contributed by atoms with van der Waals surface area (Å²) in [5.74, 6) is -0.578. The lowest BCUT2D eigenvalue weighted by molar-refractivity contribution is 0.146. The van der Waals surface area contributed by atoms with Crippen LogP contribution in [0, 0.1) is 5.82 Å². The number of rotatable bonds is 5. The van der Waals surface area contributed by atoms with Crippen molar-refractivity contribution in [1.29, 1.82) is 0 Å². The number of aromatic nitrogens is 2. The van der Waals surface area contributed by atoms with Crippen LogP contribution < -0.4 is 4.74 Å². The minimum atomic E-state index is -2.76. The fourth-order valence-corrected chi connectivity index (χ4v) is 2.26. The van der Waals surface area contributed by atoms with Crippen LogP contribution in [0.4, 0.5) is 13.2 Å². The molecule has 27 heavy (non-hydrogen) atoms. The smallest absolute Gasteiger partial charge is 0.281 e. The lowest BCUT2D eigenvalue weighted by atomic mass is 10.1. The van der Waals surface area contributed by atoms with Crippen LogP contribution in [-0.2, 0) is 6.61 Å². The van der Waals surface area contributed by atoms with E-state index in [0.29, 0.717) is 0 Å². The van der Waals surface area contributed by atoms with E-state index in [2.05, 4.69) is 9.97 Å². The van der Waals surface area contributed by atoms with Gasteiger partial charge in [0, 0.05) is 11.8 Å². The SMILES string of the molecule is CSC.Fc1cc(-c2cncnc2C(F)F)ccc1OCc1ccccc1. The first kappa shape index (κ1) is 20.8. The monoisotopic (exact) mass is 392 g/mol. The molecule has 0 saturated heterocycles. The fraction of sp³-hybridized carbons (Fsp3) is 0.200. The van der Waals surface area contributed by atoms with E-state index in [1.54, 1.807) is 11.8 Å². The summed E-state index contributed by atoms with van der Waals surface area (Å²) in [7, 11) is 0. The Hall–Kier alpha value is -2.54. The molecule has 0 unspecified atom stereocenters. The van der Waals surface area contributed by atoms with Gasteiger partial charge in [0.05, 0.1) is 0 Å². The van der Waals surface area contributed by atoms with Crippen LogP contribution in [0.2, 0.25) is 0 Å². The molecule has 3 rings (SSSR count). The maximum absolute atomic E-state index is 14.2. The molecule has 0 atom stereocenters. The first-order chi connectivity index (χ1) is 13.1. The molecule has 7 heteroatoms. The van der Waals surface area contributed by atoms with E-state index >= 15 is 0 Å². The van der Waals surface area contributed by atoms with Crippen molar-refractivity contribution in [3.63, 3.8) is 0 Å². The summed E-state index contributed by atoms with van der Waals surface area (Å²) >= 11 is 1.75. The maximum atomic E-state index is 14.2. The van der Waals surface area contributed by atoms with Gasteiger partial charge < -0.3 is 4.74 Å². The van der Waals surface area contributed by atoms with E-state index in [-0.39, 0.29) is 23.5 Å². The van der Waals surface area contributed by atoms with E-state index in [1.165, 1.54) is 18.3 Å². The summed E-state index contributed by atoms with van der Waals surface area (Å²) in [5.41, 5.74) is 0.844. The van der Waals surface area contributed by atoms with Crippen LogP contribution in [0.3, 0.4) is 0 Å². The molecule has 2 aromatic carbocycles. The highest BCUT2D eigenvalue weighted by Crippen LogP contribution is 2.31. The van der Waals surface area contributed by atoms with Crippen LogP contribution in [-0.4, -0.2) is 22.5 Å². The van der Waals surface area contributed by atoms with E-state index in [4.69, 9.17) is 4.74 Å². The number of halogens is 3. The number of hydrogen-bond acceptors (Lipinski definition) is 4. The Labute approximate surface area is 160 Å². The van der Waals surface area contributed by atoms with Gasteiger partial charge in [0.15, 0.2) is 11.6 Å². The number of ether oxygens (including phenoxy) is 1. The second-order valence-corrected chi connectivity index (χ2v) is 6.27. The first-order valence-electron chi connectivity index (χ1n) is 8.01. The van der Waals surface area contributed by atoms with E-state index < -0.39 is 17.9 Å². The minimum absolute atomic E-state index is 0.0537. The molecule has 0 fully saturated rings. The molecular formula is C20H19F3N2OS. The van der Waals surface area contributed by atoms with Gasteiger partial charge in [-0.05, 0) is 35.8 Å². The van der Waals surface area contributed by atoms with Crippen molar-refractivity contribution in [1.82, 2.24) is 9.97 Å². The van der Waals surface area contributed by atoms with Gasteiger partial charge >= 0.3 is 0 Å². The van der Waals surface area contributed by atoms with Gasteiger partial charge in [-0.25, -0.2) is 23.1 Å². The molecule has 3 aromatic rings. The third-order valence-corrected chi connectivity index (χ3v) is 3.43. The summed E-state index contributed by atoms with van der Waals surface area (Å²) in [4.78, 5) is 7.30. The third kappa shape index (κ3) is 5.99. The second kappa shape index (κ2) is 10.6. The highest BCUT2D eigenvalue weighted by molar-refractivity contribution is 7.97. The van der Waals surface area contributed by atoms with Gasteiger partial charge in [0.25, 0.3) is 6.43 Å². The van der Waals surface area contributed by atoms with Gasteiger partial charge in [0.1, 0.15) is 18.6 Å². The van der Waals surface area contributed by atoms with Crippen molar-refractivity contribution >= 4 is 11.8 Å². The Balaban J connectivity index is 0.000000817. The molecule has 142 valence electrons. The van der Waals surface area contributed by atoms with Crippen molar-refractivity contribution in [2.45, 2.75) is 13.0 Å². The molecule has 0 amide bonds. The third-order valence-electron chi connectivity index (χ3n) is 3.43. The molecule has 3 nitrogen and oxygen atoms in total. The Bertz CT molecular complexity index is 848. The number of benzene rings is 2. The lowest BCUT2D eigenvalue weighted by Crippen LogP contribution is -1.99. The van der Waals surface area contributed by atoms with Crippen molar-refractivity contribution in [2.24, 2.45) is 0 Å². The highest BCUT2D eigenvalue weighted by Gasteiger charge is 2.17. The van der Waals surface area contributed by atoms with Gasteiger partial charge in [-0.2, -0.15) is 11.8 Å². The molecule has 0 N–H and O–H groups in total. The normalized spacial score (nSPS) is 10.3. The molecule has 0 bridgehead atoms. The van der Waals surface area contributed by atoms with Crippen molar-refractivity contribution < 1.29 is 17.9 Å². The van der Waals surface area contributed by atoms with E-state index in [1.807, 2.05) is 42.8 Å². The predicted molar refractivity (Wildman–Crippen MR) is 103 cm³/mol. The second-order valence-electron chi connectivity index (χ2n) is 5.45. The van der Waals surface area contributed by atoms with E-state index in [0.717, 1.165) is 18.0 Å². The summed E-state index contributed by atoms with van der Waals surface area (Å²) in [6, 6.07) is 13.4. The highest BCUT2D eigenvalue weighted by atomic mass is 32.2. The summed E-state index contributed by atoms with van der Waals surface area (Å²) < 4.78 is 45.6. The van der Waals surface area contributed by atoms with Crippen LogP contribution in [0.25, 0.3) is 11.1 Å². The minimum Gasteiger partial charge on any atom is -0.486 e. The fourth-order valence-electron chi connectivity index (χ4n) is 2.26. The molecule has 0 radical (unpaired) electrons. The molecule has 0 aliphatic carbocycles. The quantitative estimate of drug-likeness (QED) is 0.551. The van der Waals surface area contributed by atoms with Crippen LogP contribution in [0.15, 0.2) is 61.1 Å². The van der Waals surface area contributed by atoms with Crippen LogP contribution in [0.1, 0.15) is 17.7 Å². The standard InChI is InChI=1S/C18H13F3N2O.C2H6S/c19-15-8-13(14-9-22-11-23-17(14)18(20)21)6-7-16(15)24-10-12-4-2-1-3-5-12;1-3-2/h1-9,11,18H,10H2;1-2H3. The molecule has 1 heterocycles. The largest absolute Gasteiger partial charge is 0.486 e. The molecule has 0 aliphatic rings. The number of thioether (sulfide) groups is 1. The predicted octanol–water partition coefficient (Wildman–Crippen LogP) is 5.78. The Kier molecular flexibility index (Phi) is 8.13. The Morgan fingerprint density at radius 2 is 1.78 bits per heavy atom. The van der Waals surface area contributed by atoms with Gasteiger partial charge in [0.2, 0.25) is 0 Å². The van der Waals surface area contributed by atoms with Crippen LogP contribution >= 0.6 is 11.8 Å². The first-order valence-corrected chi connectivity index (χ1v) is 9.65. The molecular weight excluding hydrogens is 373 g/mol. The molecule has 1 aromatic heterocycles. The van der Waals surface area contributed by atoms with Crippen molar-refractivity contribution in [3.8, 4) is 16.9 Å². The number of nitrogens with zero attached hydrogens (tertiary/aromatic N) is 2. The van der Waals surface area contributed by atoms with Crippen molar-refractivity contribution in [2.75, 3.05) is 12.5 Å². The summed E-state index contributed by atoms with van der Waals surface area (Å²) in [6.45, 7) is 0.216. The average Bonchev–Trinajstić information content (AvgIpc) is 2.68. The maximum Gasteiger partial charge on any atom is 0.281 e.